The van der Waals surface area contributed by atoms with Crippen LogP contribution in [0.3, 0.4) is 0 Å². The zero-order chi connectivity index (χ0) is 14.3. The third-order valence-corrected chi connectivity index (χ3v) is 4.04. The maximum atomic E-state index is 12.9. The average Bonchev–Trinajstić information content (AvgIpc) is 2.79. The van der Waals surface area contributed by atoms with Crippen molar-refractivity contribution < 1.29 is 9.32 Å². The lowest BCUT2D eigenvalue weighted by Gasteiger charge is -2.33. The molecule has 0 bridgehead atoms. The Morgan fingerprint density at radius 2 is 2.20 bits per heavy atom. The molecule has 5 heteroatoms. The molecule has 1 unspecified atom stereocenters. The first kappa shape index (κ1) is 13.1. The standard InChI is InChI=1S/C15H19N3O2/c1-9-8-12(13-11(3)17-20-14(13)16-9)15(19)18-7-5-4-6-10(18)2/h8,10H,4-7H2,1-3H3. The Kier molecular flexibility index (Phi) is 3.20. The van der Waals surface area contributed by atoms with Gasteiger partial charge in [-0.15, -0.1) is 0 Å². The largest absolute Gasteiger partial charge is 0.336 e. The van der Waals surface area contributed by atoms with Crippen LogP contribution in [0.4, 0.5) is 0 Å². The molecule has 1 fully saturated rings. The second-order valence-corrected chi connectivity index (χ2v) is 5.60. The van der Waals surface area contributed by atoms with Crippen LogP contribution in [-0.4, -0.2) is 33.5 Å². The first-order chi connectivity index (χ1) is 9.58. The minimum Gasteiger partial charge on any atom is -0.336 e. The molecule has 0 saturated carbocycles. The van der Waals surface area contributed by atoms with Gasteiger partial charge in [-0.3, -0.25) is 4.79 Å². The van der Waals surface area contributed by atoms with E-state index in [1.165, 1.54) is 6.42 Å². The van der Waals surface area contributed by atoms with E-state index < -0.39 is 0 Å². The van der Waals surface area contributed by atoms with Gasteiger partial charge in [-0.05, 0) is 46.1 Å². The van der Waals surface area contributed by atoms with Crippen molar-refractivity contribution in [1.29, 1.82) is 0 Å². The summed E-state index contributed by atoms with van der Waals surface area (Å²) in [6.07, 6.45) is 3.34. The Morgan fingerprint density at radius 3 is 2.95 bits per heavy atom. The molecular formula is C15H19N3O2. The number of aryl methyl sites for hydroxylation is 2. The normalized spacial score (nSPS) is 19.6. The van der Waals surface area contributed by atoms with E-state index in [4.69, 9.17) is 4.52 Å². The number of pyridine rings is 1. The van der Waals surface area contributed by atoms with Gasteiger partial charge in [-0.25, -0.2) is 4.98 Å². The minimum absolute atomic E-state index is 0.0685. The Morgan fingerprint density at radius 1 is 1.40 bits per heavy atom. The van der Waals surface area contributed by atoms with Crippen molar-refractivity contribution in [2.45, 2.75) is 46.1 Å². The van der Waals surface area contributed by atoms with Gasteiger partial charge in [-0.1, -0.05) is 5.16 Å². The Balaban J connectivity index is 2.08. The van der Waals surface area contributed by atoms with Gasteiger partial charge in [0.2, 0.25) is 0 Å². The Bertz CT molecular complexity index is 662. The molecule has 1 saturated heterocycles. The lowest BCUT2D eigenvalue weighted by molar-refractivity contribution is 0.0637. The summed E-state index contributed by atoms with van der Waals surface area (Å²) in [6.45, 7) is 6.66. The number of piperidine rings is 1. The number of nitrogens with zero attached hydrogens (tertiary/aromatic N) is 3. The third-order valence-electron chi connectivity index (χ3n) is 4.04. The summed E-state index contributed by atoms with van der Waals surface area (Å²) in [5.41, 5.74) is 2.62. The van der Waals surface area contributed by atoms with Gasteiger partial charge in [-0.2, -0.15) is 0 Å². The van der Waals surface area contributed by atoms with E-state index in [-0.39, 0.29) is 5.91 Å². The van der Waals surface area contributed by atoms with Gasteiger partial charge in [0, 0.05) is 18.3 Å². The fourth-order valence-corrected chi connectivity index (χ4v) is 2.94. The van der Waals surface area contributed by atoms with Crippen molar-refractivity contribution in [3.05, 3.63) is 23.0 Å². The molecule has 2 aromatic rings. The van der Waals surface area contributed by atoms with E-state index in [9.17, 15) is 4.79 Å². The Labute approximate surface area is 117 Å². The number of aromatic nitrogens is 2. The van der Waals surface area contributed by atoms with E-state index in [1.54, 1.807) is 0 Å². The van der Waals surface area contributed by atoms with Crippen molar-refractivity contribution >= 4 is 17.0 Å². The summed E-state index contributed by atoms with van der Waals surface area (Å²) in [5, 5.41) is 4.68. The van der Waals surface area contributed by atoms with E-state index in [0.717, 1.165) is 36.2 Å². The topological polar surface area (TPSA) is 59.2 Å². The Hall–Kier alpha value is -1.91. The van der Waals surface area contributed by atoms with Crippen LogP contribution in [0.2, 0.25) is 0 Å². The van der Waals surface area contributed by atoms with E-state index in [2.05, 4.69) is 17.1 Å². The van der Waals surface area contributed by atoms with E-state index in [1.807, 2.05) is 24.8 Å². The average molecular weight is 273 g/mol. The van der Waals surface area contributed by atoms with E-state index >= 15 is 0 Å². The summed E-state index contributed by atoms with van der Waals surface area (Å²) >= 11 is 0. The zero-order valence-corrected chi connectivity index (χ0v) is 12.1. The SMILES string of the molecule is Cc1cc(C(=O)N2CCCCC2C)c2c(C)noc2n1. The van der Waals surface area contributed by atoms with E-state index in [0.29, 0.717) is 17.3 Å². The highest BCUT2D eigenvalue weighted by Gasteiger charge is 2.27. The molecule has 0 N–H and O–H groups in total. The molecule has 0 aliphatic carbocycles. The first-order valence-corrected chi connectivity index (χ1v) is 7.12. The molecule has 1 aliphatic heterocycles. The highest BCUT2D eigenvalue weighted by molar-refractivity contribution is 6.06. The minimum atomic E-state index is 0.0685. The molecule has 1 amide bonds. The van der Waals surface area contributed by atoms with Crippen molar-refractivity contribution in [2.75, 3.05) is 6.54 Å². The van der Waals surface area contributed by atoms with Crippen LogP contribution < -0.4 is 0 Å². The number of hydrogen-bond donors (Lipinski definition) is 0. The van der Waals surface area contributed by atoms with Crippen LogP contribution in [0.15, 0.2) is 10.6 Å². The molecule has 0 aromatic carbocycles. The monoisotopic (exact) mass is 273 g/mol. The van der Waals surface area contributed by atoms with Crippen LogP contribution in [0, 0.1) is 13.8 Å². The number of rotatable bonds is 1. The quantitative estimate of drug-likeness (QED) is 0.801. The second kappa shape index (κ2) is 4.89. The zero-order valence-electron chi connectivity index (χ0n) is 12.1. The lowest BCUT2D eigenvalue weighted by atomic mass is 10.0. The van der Waals surface area contributed by atoms with Gasteiger partial charge in [0.15, 0.2) is 0 Å². The van der Waals surface area contributed by atoms with Gasteiger partial charge >= 0.3 is 0 Å². The molecule has 5 nitrogen and oxygen atoms in total. The molecule has 20 heavy (non-hydrogen) atoms. The number of hydrogen-bond acceptors (Lipinski definition) is 4. The summed E-state index contributed by atoms with van der Waals surface area (Å²) in [4.78, 5) is 19.1. The van der Waals surface area contributed by atoms with Crippen LogP contribution in [-0.2, 0) is 0 Å². The number of carbonyl (C=O) groups is 1. The van der Waals surface area contributed by atoms with Crippen molar-refractivity contribution in [2.24, 2.45) is 0 Å². The molecule has 2 aromatic heterocycles. The van der Waals surface area contributed by atoms with Crippen LogP contribution in [0.5, 0.6) is 0 Å². The molecule has 1 atom stereocenters. The van der Waals surface area contributed by atoms with Crippen molar-refractivity contribution in [3.8, 4) is 0 Å². The summed E-state index contributed by atoms with van der Waals surface area (Å²) in [6, 6.07) is 2.14. The van der Waals surface area contributed by atoms with Crippen LogP contribution in [0.25, 0.3) is 11.1 Å². The smallest absolute Gasteiger partial charge is 0.258 e. The van der Waals surface area contributed by atoms with Crippen molar-refractivity contribution in [3.63, 3.8) is 0 Å². The van der Waals surface area contributed by atoms with Gasteiger partial charge in [0.05, 0.1) is 16.6 Å². The molecule has 3 heterocycles. The molecule has 1 aliphatic rings. The van der Waals surface area contributed by atoms with Gasteiger partial charge < -0.3 is 9.42 Å². The maximum absolute atomic E-state index is 12.9. The third kappa shape index (κ3) is 2.07. The molecular weight excluding hydrogens is 254 g/mol. The summed E-state index contributed by atoms with van der Waals surface area (Å²) in [5.74, 6) is 0.0685. The number of likely N-dealkylation sites (tertiary alicyclic amines) is 1. The predicted octanol–water partition coefficient (Wildman–Crippen LogP) is 2.85. The highest BCUT2D eigenvalue weighted by Crippen LogP contribution is 2.26. The number of carbonyl (C=O) groups excluding carboxylic acids is 1. The second-order valence-electron chi connectivity index (χ2n) is 5.60. The molecule has 106 valence electrons. The van der Waals surface area contributed by atoms with Crippen LogP contribution >= 0.6 is 0 Å². The molecule has 0 spiro atoms. The number of fused-ring (bicyclic) bond motifs is 1. The fraction of sp³-hybridized carbons (Fsp3) is 0.533. The molecule has 0 radical (unpaired) electrons. The van der Waals surface area contributed by atoms with Crippen molar-refractivity contribution in [1.82, 2.24) is 15.0 Å². The number of amides is 1. The van der Waals surface area contributed by atoms with Gasteiger partial charge in [0.25, 0.3) is 11.6 Å². The maximum Gasteiger partial charge on any atom is 0.258 e. The predicted molar refractivity (Wildman–Crippen MR) is 75.6 cm³/mol. The fourth-order valence-electron chi connectivity index (χ4n) is 2.94. The lowest BCUT2D eigenvalue weighted by Crippen LogP contribution is -2.42. The molecule has 3 rings (SSSR count). The first-order valence-electron chi connectivity index (χ1n) is 7.12. The summed E-state index contributed by atoms with van der Waals surface area (Å²) < 4.78 is 5.20. The summed E-state index contributed by atoms with van der Waals surface area (Å²) in [7, 11) is 0. The van der Waals surface area contributed by atoms with Crippen LogP contribution in [0.1, 0.15) is 47.9 Å². The van der Waals surface area contributed by atoms with Gasteiger partial charge in [0.1, 0.15) is 0 Å². The highest BCUT2D eigenvalue weighted by atomic mass is 16.5.